The third kappa shape index (κ3) is 6.24. The first-order valence-corrected chi connectivity index (χ1v) is 8.99. The van der Waals surface area contributed by atoms with Crippen molar-refractivity contribution in [3.63, 3.8) is 0 Å². The molecule has 0 radical (unpaired) electrons. The number of hydrogen-bond acceptors (Lipinski definition) is 2. The monoisotopic (exact) mass is 308 g/mol. The molecule has 0 aromatic carbocycles. The van der Waals surface area contributed by atoms with Gasteiger partial charge < -0.3 is 16.0 Å². The molecule has 1 amide bonds. The van der Waals surface area contributed by atoms with Gasteiger partial charge in [-0.15, -0.1) is 0 Å². The van der Waals surface area contributed by atoms with Crippen LogP contribution in [0.4, 0.5) is 0 Å². The predicted molar refractivity (Wildman–Crippen MR) is 90.8 cm³/mol. The molecule has 0 aliphatic heterocycles. The summed E-state index contributed by atoms with van der Waals surface area (Å²) < 4.78 is 0. The average Bonchev–Trinajstić information content (AvgIpc) is 3.33. The Labute approximate surface area is 134 Å². The molecule has 2 unspecified atom stereocenters. The van der Waals surface area contributed by atoms with E-state index in [2.05, 4.69) is 29.8 Å². The van der Waals surface area contributed by atoms with Crippen LogP contribution in [0.1, 0.15) is 52.4 Å². The third-order valence-electron chi connectivity index (χ3n) is 4.56. The van der Waals surface area contributed by atoms with E-state index in [4.69, 9.17) is 4.99 Å². The second-order valence-electron chi connectivity index (χ2n) is 6.85. The first kappa shape index (κ1) is 17.1. The average molecular weight is 308 g/mol. The van der Waals surface area contributed by atoms with Crippen molar-refractivity contribution in [3.05, 3.63) is 0 Å². The van der Waals surface area contributed by atoms with E-state index in [1.165, 1.54) is 25.7 Å². The topological polar surface area (TPSA) is 65.5 Å². The summed E-state index contributed by atoms with van der Waals surface area (Å²) in [5.74, 6) is 2.95. The molecule has 5 nitrogen and oxygen atoms in total. The fourth-order valence-corrected chi connectivity index (χ4v) is 3.14. The highest BCUT2D eigenvalue weighted by Gasteiger charge is 2.28. The Kier molecular flexibility index (Phi) is 7.00. The van der Waals surface area contributed by atoms with Crippen molar-refractivity contribution < 1.29 is 4.79 Å². The standard InChI is InChI=1S/C17H32N4O/c1-3-18-17(20-10-9-19-16(22)15-7-8-15)21-12-14-6-4-5-13(2)11-14/h13-15H,3-12H2,1-2H3,(H,19,22)(H2,18,20,21). The van der Waals surface area contributed by atoms with Crippen molar-refractivity contribution in [2.45, 2.75) is 52.4 Å². The second kappa shape index (κ2) is 9.01. The molecule has 2 atom stereocenters. The summed E-state index contributed by atoms with van der Waals surface area (Å²) in [6.45, 7) is 7.59. The molecule has 0 saturated heterocycles. The largest absolute Gasteiger partial charge is 0.357 e. The second-order valence-corrected chi connectivity index (χ2v) is 6.85. The summed E-state index contributed by atoms with van der Waals surface area (Å²) in [5, 5.41) is 9.56. The Morgan fingerprint density at radius 3 is 2.55 bits per heavy atom. The summed E-state index contributed by atoms with van der Waals surface area (Å²) in [5.41, 5.74) is 0. The smallest absolute Gasteiger partial charge is 0.223 e. The molecule has 2 saturated carbocycles. The van der Waals surface area contributed by atoms with Gasteiger partial charge in [-0.25, -0.2) is 0 Å². The molecule has 2 aliphatic carbocycles. The van der Waals surface area contributed by atoms with E-state index in [-0.39, 0.29) is 11.8 Å². The van der Waals surface area contributed by atoms with Crippen LogP contribution in [0, 0.1) is 17.8 Å². The number of aliphatic imine (C=N–C) groups is 1. The minimum atomic E-state index is 0.208. The molecule has 0 heterocycles. The Bertz CT molecular complexity index is 379. The molecular formula is C17H32N4O. The van der Waals surface area contributed by atoms with Crippen molar-refractivity contribution in [2.24, 2.45) is 22.7 Å². The van der Waals surface area contributed by atoms with Crippen molar-refractivity contribution in [1.29, 1.82) is 0 Å². The molecule has 5 heteroatoms. The van der Waals surface area contributed by atoms with Crippen LogP contribution in [0.15, 0.2) is 4.99 Å². The molecular weight excluding hydrogens is 276 g/mol. The number of nitrogens with zero attached hydrogens (tertiary/aromatic N) is 1. The SMILES string of the molecule is CCNC(=NCC1CCCC(C)C1)NCCNC(=O)C1CC1. The summed E-state index contributed by atoms with van der Waals surface area (Å²) in [6, 6.07) is 0. The molecule has 2 fully saturated rings. The molecule has 22 heavy (non-hydrogen) atoms. The van der Waals surface area contributed by atoms with Crippen LogP contribution in [0.5, 0.6) is 0 Å². The van der Waals surface area contributed by atoms with Crippen LogP contribution in [0.25, 0.3) is 0 Å². The van der Waals surface area contributed by atoms with Crippen LogP contribution in [-0.2, 0) is 4.79 Å². The van der Waals surface area contributed by atoms with Crippen molar-refractivity contribution in [1.82, 2.24) is 16.0 Å². The zero-order valence-electron chi connectivity index (χ0n) is 14.2. The van der Waals surface area contributed by atoms with Gasteiger partial charge in [-0.3, -0.25) is 9.79 Å². The number of nitrogens with one attached hydrogen (secondary N) is 3. The van der Waals surface area contributed by atoms with E-state index in [1.807, 2.05) is 0 Å². The Hall–Kier alpha value is -1.26. The maximum Gasteiger partial charge on any atom is 0.223 e. The molecule has 3 N–H and O–H groups in total. The summed E-state index contributed by atoms with van der Waals surface area (Å²) in [6.07, 6.45) is 7.45. The third-order valence-corrected chi connectivity index (χ3v) is 4.56. The van der Waals surface area contributed by atoms with Gasteiger partial charge in [0.05, 0.1) is 0 Å². The lowest BCUT2D eigenvalue weighted by atomic mass is 9.82. The van der Waals surface area contributed by atoms with Gasteiger partial charge in [-0.1, -0.05) is 19.8 Å². The van der Waals surface area contributed by atoms with Gasteiger partial charge in [0.2, 0.25) is 5.91 Å². The quantitative estimate of drug-likeness (QED) is 0.382. The molecule has 2 aliphatic rings. The van der Waals surface area contributed by atoms with Gasteiger partial charge in [0.25, 0.3) is 0 Å². The highest BCUT2D eigenvalue weighted by molar-refractivity contribution is 5.81. The van der Waals surface area contributed by atoms with Crippen LogP contribution >= 0.6 is 0 Å². The van der Waals surface area contributed by atoms with E-state index in [0.717, 1.165) is 50.3 Å². The van der Waals surface area contributed by atoms with Crippen LogP contribution in [0.3, 0.4) is 0 Å². The number of carbonyl (C=O) groups excluding carboxylic acids is 1. The Morgan fingerprint density at radius 2 is 1.86 bits per heavy atom. The van der Waals surface area contributed by atoms with E-state index >= 15 is 0 Å². The fourth-order valence-electron chi connectivity index (χ4n) is 3.14. The van der Waals surface area contributed by atoms with Crippen LogP contribution < -0.4 is 16.0 Å². The Morgan fingerprint density at radius 1 is 1.09 bits per heavy atom. The highest BCUT2D eigenvalue weighted by Crippen LogP contribution is 2.29. The molecule has 0 aromatic heterocycles. The van der Waals surface area contributed by atoms with Gasteiger partial charge in [0.15, 0.2) is 5.96 Å². The molecule has 2 rings (SSSR count). The lowest BCUT2D eigenvalue weighted by Crippen LogP contribution is -2.42. The number of rotatable bonds is 7. The normalized spacial score (nSPS) is 25.6. The molecule has 0 aromatic rings. The van der Waals surface area contributed by atoms with Crippen LogP contribution in [-0.4, -0.2) is 38.0 Å². The molecule has 0 bridgehead atoms. The lowest BCUT2D eigenvalue weighted by molar-refractivity contribution is -0.122. The van der Waals surface area contributed by atoms with Crippen LogP contribution in [0.2, 0.25) is 0 Å². The lowest BCUT2D eigenvalue weighted by Gasteiger charge is -2.25. The summed E-state index contributed by atoms with van der Waals surface area (Å²) in [7, 11) is 0. The summed E-state index contributed by atoms with van der Waals surface area (Å²) in [4.78, 5) is 16.3. The predicted octanol–water partition coefficient (Wildman–Crippen LogP) is 1.89. The molecule has 126 valence electrons. The van der Waals surface area contributed by atoms with Gasteiger partial charge in [-0.05, 0) is 44.4 Å². The van der Waals surface area contributed by atoms with Crippen molar-refractivity contribution in [2.75, 3.05) is 26.2 Å². The number of amides is 1. The maximum absolute atomic E-state index is 11.6. The number of carbonyl (C=O) groups is 1. The van der Waals surface area contributed by atoms with Crippen molar-refractivity contribution >= 4 is 11.9 Å². The van der Waals surface area contributed by atoms with E-state index < -0.39 is 0 Å². The zero-order valence-corrected chi connectivity index (χ0v) is 14.2. The van der Waals surface area contributed by atoms with Gasteiger partial charge in [0.1, 0.15) is 0 Å². The molecule has 0 spiro atoms. The van der Waals surface area contributed by atoms with Crippen molar-refractivity contribution in [3.8, 4) is 0 Å². The minimum absolute atomic E-state index is 0.208. The number of hydrogen-bond donors (Lipinski definition) is 3. The Balaban J connectivity index is 1.66. The first-order chi connectivity index (χ1) is 10.7. The van der Waals surface area contributed by atoms with Gasteiger partial charge >= 0.3 is 0 Å². The highest BCUT2D eigenvalue weighted by atomic mass is 16.2. The zero-order chi connectivity index (χ0) is 15.8. The minimum Gasteiger partial charge on any atom is -0.357 e. The van der Waals surface area contributed by atoms with Gasteiger partial charge in [0, 0.05) is 32.1 Å². The number of guanidine groups is 1. The van der Waals surface area contributed by atoms with Gasteiger partial charge in [-0.2, -0.15) is 0 Å². The first-order valence-electron chi connectivity index (χ1n) is 8.99. The van der Waals surface area contributed by atoms with E-state index in [1.54, 1.807) is 0 Å². The maximum atomic E-state index is 11.6. The summed E-state index contributed by atoms with van der Waals surface area (Å²) >= 11 is 0. The van der Waals surface area contributed by atoms with E-state index in [0.29, 0.717) is 6.54 Å². The van der Waals surface area contributed by atoms with E-state index in [9.17, 15) is 4.79 Å². The fraction of sp³-hybridized carbons (Fsp3) is 0.882.